The van der Waals surface area contributed by atoms with Crippen LogP contribution in [0.1, 0.15) is 22.8 Å². The Hall–Kier alpha value is -2.82. The summed E-state index contributed by atoms with van der Waals surface area (Å²) in [7, 11) is 1.56. The van der Waals surface area contributed by atoms with Crippen molar-refractivity contribution in [3.63, 3.8) is 0 Å². The van der Waals surface area contributed by atoms with E-state index in [1.165, 1.54) is 0 Å². The molecular weight excluding hydrogens is 306 g/mol. The number of amides is 1. The zero-order valence-corrected chi connectivity index (χ0v) is 13.8. The summed E-state index contributed by atoms with van der Waals surface area (Å²) in [4.78, 5) is 24.6. The van der Waals surface area contributed by atoms with Crippen molar-refractivity contribution in [1.29, 1.82) is 0 Å². The fourth-order valence-electron chi connectivity index (χ4n) is 2.27. The average molecular weight is 327 g/mol. The lowest BCUT2D eigenvalue weighted by atomic mass is 10.1. The molecule has 0 aromatic heterocycles. The molecule has 1 amide bonds. The van der Waals surface area contributed by atoms with Crippen molar-refractivity contribution in [3.05, 3.63) is 65.7 Å². The molecule has 5 heteroatoms. The van der Waals surface area contributed by atoms with E-state index >= 15 is 0 Å². The van der Waals surface area contributed by atoms with Gasteiger partial charge in [0, 0.05) is 12.0 Å². The lowest BCUT2D eigenvalue weighted by Crippen LogP contribution is -2.43. The van der Waals surface area contributed by atoms with Gasteiger partial charge in [-0.05, 0) is 36.8 Å². The molecule has 2 rings (SSSR count). The molecule has 0 unspecified atom stereocenters. The average Bonchev–Trinajstić information content (AvgIpc) is 2.62. The topological polar surface area (TPSA) is 64.6 Å². The summed E-state index contributed by atoms with van der Waals surface area (Å²) in [5.74, 6) is -0.104. The maximum absolute atomic E-state index is 12.4. The number of rotatable bonds is 7. The van der Waals surface area contributed by atoms with E-state index in [2.05, 4.69) is 5.32 Å². The maximum atomic E-state index is 12.4. The van der Waals surface area contributed by atoms with Crippen LogP contribution < -0.4 is 10.1 Å². The minimum atomic E-state index is -0.734. The summed E-state index contributed by atoms with van der Waals surface area (Å²) >= 11 is 0. The van der Waals surface area contributed by atoms with Crippen LogP contribution in [0.5, 0.6) is 5.75 Å². The number of carbonyl (C=O) groups excluding carboxylic acids is 2. The summed E-state index contributed by atoms with van der Waals surface area (Å²) in [5, 5.41) is 2.75. The fourth-order valence-corrected chi connectivity index (χ4v) is 2.27. The standard InChI is InChI=1S/C19H21NO4/c1-3-24-19(22)17(13-14-7-5-4-6-8-14)20-18(21)15-9-11-16(23-2)12-10-15/h4-12,17H,3,13H2,1-2H3,(H,20,21)/t17-/m1/s1. The monoisotopic (exact) mass is 327 g/mol. The molecule has 0 saturated carbocycles. The third-order valence-corrected chi connectivity index (χ3v) is 3.51. The second-order valence-corrected chi connectivity index (χ2v) is 5.20. The smallest absolute Gasteiger partial charge is 0.328 e. The first-order valence-corrected chi connectivity index (χ1v) is 7.79. The van der Waals surface area contributed by atoms with Gasteiger partial charge in [-0.15, -0.1) is 0 Å². The Morgan fingerprint density at radius 2 is 1.71 bits per heavy atom. The molecule has 24 heavy (non-hydrogen) atoms. The SMILES string of the molecule is CCOC(=O)[C@@H](Cc1ccccc1)NC(=O)c1ccc(OC)cc1. The number of nitrogens with one attached hydrogen (secondary N) is 1. The van der Waals surface area contributed by atoms with Crippen molar-refractivity contribution in [2.24, 2.45) is 0 Å². The second kappa shape index (κ2) is 8.72. The number of hydrogen-bond donors (Lipinski definition) is 1. The van der Waals surface area contributed by atoms with Crippen LogP contribution in [0, 0.1) is 0 Å². The first-order valence-electron chi connectivity index (χ1n) is 7.79. The third-order valence-electron chi connectivity index (χ3n) is 3.51. The normalized spacial score (nSPS) is 11.4. The van der Waals surface area contributed by atoms with Gasteiger partial charge in [0.05, 0.1) is 13.7 Å². The molecule has 1 N–H and O–H groups in total. The van der Waals surface area contributed by atoms with E-state index in [1.807, 2.05) is 30.3 Å². The number of methoxy groups -OCH3 is 1. The second-order valence-electron chi connectivity index (χ2n) is 5.20. The van der Waals surface area contributed by atoms with Gasteiger partial charge in [0.15, 0.2) is 0 Å². The van der Waals surface area contributed by atoms with Crippen molar-refractivity contribution >= 4 is 11.9 Å². The molecular formula is C19H21NO4. The van der Waals surface area contributed by atoms with Crippen LogP contribution in [0.15, 0.2) is 54.6 Å². The van der Waals surface area contributed by atoms with E-state index in [-0.39, 0.29) is 12.5 Å². The largest absolute Gasteiger partial charge is 0.497 e. The van der Waals surface area contributed by atoms with Crippen LogP contribution in [-0.2, 0) is 16.0 Å². The minimum absolute atomic E-state index is 0.266. The van der Waals surface area contributed by atoms with Gasteiger partial charge in [-0.1, -0.05) is 30.3 Å². The van der Waals surface area contributed by atoms with Gasteiger partial charge < -0.3 is 14.8 Å². The molecule has 2 aromatic carbocycles. The van der Waals surface area contributed by atoms with Crippen LogP contribution in [0.3, 0.4) is 0 Å². The number of benzene rings is 2. The van der Waals surface area contributed by atoms with E-state index in [1.54, 1.807) is 38.3 Å². The summed E-state index contributed by atoms with van der Waals surface area (Å²) in [5.41, 5.74) is 1.41. The summed E-state index contributed by atoms with van der Waals surface area (Å²) in [6, 6.07) is 15.5. The van der Waals surface area contributed by atoms with E-state index in [4.69, 9.17) is 9.47 Å². The minimum Gasteiger partial charge on any atom is -0.497 e. The number of esters is 1. The lowest BCUT2D eigenvalue weighted by Gasteiger charge is -2.17. The third kappa shape index (κ3) is 4.84. The van der Waals surface area contributed by atoms with Gasteiger partial charge >= 0.3 is 5.97 Å². The molecule has 0 spiro atoms. The fraction of sp³-hybridized carbons (Fsp3) is 0.263. The van der Waals surface area contributed by atoms with E-state index in [9.17, 15) is 9.59 Å². The Kier molecular flexibility index (Phi) is 6.37. The molecule has 1 atom stereocenters. The molecule has 0 saturated heterocycles. The van der Waals surface area contributed by atoms with Crippen LogP contribution in [-0.4, -0.2) is 31.6 Å². The van der Waals surface area contributed by atoms with E-state index in [0.29, 0.717) is 17.7 Å². The van der Waals surface area contributed by atoms with E-state index < -0.39 is 12.0 Å². The summed E-state index contributed by atoms with van der Waals surface area (Å²) < 4.78 is 10.1. The molecule has 0 fully saturated rings. The predicted molar refractivity (Wildman–Crippen MR) is 91.0 cm³/mol. The molecule has 0 aliphatic heterocycles. The van der Waals surface area contributed by atoms with Crippen molar-refractivity contribution < 1.29 is 19.1 Å². The van der Waals surface area contributed by atoms with Crippen LogP contribution in [0.4, 0.5) is 0 Å². The Balaban J connectivity index is 2.11. The summed E-state index contributed by atoms with van der Waals surface area (Å²) in [6.07, 6.45) is 0.377. The van der Waals surface area contributed by atoms with Gasteiger partial charge in [0.2, 0.25) is 0 Å². The highest BCUT2D eigenvalue weighted by Crippen LogP contribution is 2.12. The molecule has 0 radical (unpaired) electrons. The van der Waals surface area contributed by atoms with Gasteiger partial charge in [-0.25, -0.2) is 4.79 Å². The van der Waals surface area contributed by atoms with Gasteiger partial charge in [-0.3, -0.25) is 4.79 Å². The zero-order valence-electron chi connectivity index (χ0n) is 13.8. The Morgan fingerprint density at radius 3 is 2.29 bits per heavy atom. The van der Waals surface area contributed by atoms with Gasteiger partial charge in [0.25, 0.3) is 5.91 Å². The molecule has 126 valence electrons. The number of ether oxygens (including phenoxy) is 2. The van der Waals surface area contributed by atoms with Crippen molar-refractivity contribution in [3.8, 4) is 5.75 Å². The predicted octanol–water partition coefficient (Wildman–Crippen LogP) is 2.60. The number of carbonyl (C=O) groups is 2. The van der Waals surface area contributed by atoms with Crippen molar-refractivity contribution in [2.45, 2.75) is 19.4 Å². The molecule has 0 aliphatic carbocycles. The van der Waals surface area contributed by atoms with Crippen molar-refractivity contribution in [2.75, 3.05) is 13.7 Å². The van der Waals surface area contributed by atoms with Crippen LogP contribution >= 0.6 is 0 Å². The lowest BCUT2D eigenvalue weighted by molar-refractivity contribution is -0.145. The first kappa shape index (κ1) is 17.5. The molecule has 2 aromatic rings. The highest BCUT2D eigenvalue weighted by molar-refractivity contribution is 5.96. The Bertz CT molecular complexity index is 668. The Labute approximate surface area is 141 Å². The first-order chi connectivity index (χ1) is 11.6. The molecule has 0 aliphatic rings. The van der Waals surface area contributed by atoms with Gasteiger partial charge in [-0.2, -0.15) is 0 Å². The molecule has 5 nitrogen and oxygen atoms in total. The number of hydrogen-bond acceptors (Lipinski definition) is 4. The molecule has 0 bridgehead atoms. The van der Waals surface area contributed by atoms with Crippen molar-refractivity contribution in [1.82, 2.24) is 5.32 Å². The quantitative estimate of drug-likeness (QED) is 0.794. The zero-order chi connectivity index (χ0) is 17.4. The Morgan fingerprint density at radius 1 is 1.04 bits per heavy atom. The highest BCUT2D eigenvalue weighted by Gasteiger charge is 2.23. The maximum Gasteiger partial charge on any atom is 0.328 e. The van der Waals surface area contributed by atoms with Crippen LogP contribution in [0.2, 0.25) is 0 Å². The van der Waals surface area contributed by atoms with Crippen LogP contribution in [0.25, 0.3) is 0 Å². The van der Waals surface area contributed by atoms with E-state index in [0.717, 1.165) is 5.56 Å². The summed E-state index contributed by atoms with van der Waals surface area (Å²) in [6.45, 7) is 2.01. The molecule has 0 heterocycles. The highest BCUT2D eigenvalue weighted by atomic mass is 16.5. The van der Waals surface area contributed by atoms with Gasteiger partial charge in [0.1, 0.15) is 11.8 Å².